The number of nitrogens with zero attached hydrogens (tertiary/aromatic N) is 7. The van der Waals surface area contributed by atoms with E-state index in [1.165, 1.54) is 86.2 Å². The number of hydrogen-bond donors (Lipinski definition) is 0. The second-order valence-electron chi connectivity index (χ2n) is 32.7. The van der Waals surface area contributed by atoms with Gasteiger partial charge < -0.3 is 9.47 Å². The number of esters is 3. The number of benzene rings is 10. The molecule has 0 radical (unpaired) electrons. The van der Waals surface area contributed by atoms with Crippen LogP contribution in [0.15, 0.2) is 359 Å². The predicted molar refractivity (Wildman–Crippen MR) is 560 cm³/mol. The van der Waals surface area contributed by atoms with Crippen molar-refractivity contribution in [2.75, 3.05) is 21.3 Å². The molecule has 0 aliphatic heterocycles. The van der Waals surface area contributed by atoms with Crippen LogP contribution in [0.5, 0.6) is 0 Å². The fraction of sp³-hybridized carbons (Fsp3) is 0.196. The minimum Gasteiger partial charge on any atom is -0.0622 e. The van der Waals surface area contributed by atoms with E-state index in [0.717, 1.165) is 95.9 Å². The molecule has 0 saturated carbocycles. The summed E-state index contributed by atoms with van der Waals surface area (Å²) in [6.07, 6.45) is 18.5. The van der Waals surface area contributed by atoms with Gasteiger partial charge in [0.05, 0.1) is 47.4 Å². The van der Waals surface area contributed by atoms with E-state index in [0.29, 0.717) is 53.1 Å². The second-order valence-corrected chi connectivity index (χ2v) is 54.4. The zero-order valence-corrected chi connectivity index (χ0v) is 86.4. The standard InChI is InChI=1S/2C20H20N2O2.2C18H15P.2C13H14ClN.C7H6NO2.3CH3.2ClH.Pd.Sn/c1-13(2)17-10-16-8-14(4-5-19(16)22-12-17)9-18-11-15(6-7-21-18)20(23)24-3;1-3-4-15-10-17-9-14(5-6-19(17)22-13-15)11-18-12-16(7-8-21-18)20(23)24-2;2*1-4-10-16(11-5-1)19(17-12-6-2-7-13-17)18-14-8-3-9-15-18;1-9(2)12-6-11-5-10(7-14)3-4-13(11)15-8-12;1-2-3-11-7-12-6-10(8-14)4-5-13(12)15-9-11;1-10-7(9)6-2-4-8-5-3-6;;;;;;;/h4-8,10-13H,9H2,1-3H3;5-10,12-13H,3-4,11H2,1-2H3;2*1-15H;3-6,8-9H,7H2,1-2H3;4-7,9H,2-3,8H2,1H3;2-4H,1H3;3*1H3;2*1H;;/q;;;;;;;;;;;;+2;/p-2. The van der Waals surface area contributed by atoms with Crippen molar-refractivity contribution in [2.45, 2.75) is 118 Å². The Morgan fingerprint density at radius 3 is 0.872 bits per heavy atom. The van der Waals surface area contributed by atoms with Gasteiger partial charge in [0.25, 0.3) is 0 Å². The van der Waals surface area contributed by atoms with Gasteiger partial charge in [-0.1, -0.05) is 261 Å². The molecule has 17 aromatic rings. The monoisotopic (exact) mass is 2080 g/mol. The molecule has 0 saturated heterocycles. The molecule has 0 fully saturated rings. The second kappa shape index (κ2) is 55.1. The zero-order valence-electron chi connectivity index (χ0n) is 77.2. The van der Waals surface area contributed by atoms with Gasteiger partial charge in [-0.25, -0.2) is 9.59 Å². The maximum absolute atomic E-state index is 11.6. The number of ether oxygens (including phenoxy) is 3. The summed E-state index contributed by atoms with van der Waals surface area (Å²) in [5.74, 6) is 1.11. The Balaban J connectivity index is 0.000000161. The summed E-state index contributed by atoms with van der Waals surface area (Å²) >= 11 is 9.36. The number of hydrogen-bond acceptors (Lipinski definition) is 13. The Kier molecular flexibility index (Phi) is 43.2. The first kappa shape index (κ1) is 104. The van der Waals surface area contributed by atoms with Gasteiger partial charge in [0.1, 0.15) is 0 Å². The van der Waals surface area contributed by atoms with Crippen molar-refractivity contribution in [3.63, 3.8) is 0 Å². The minimum absolute atomic E-state index is 0.106. The normalized spacial score (nSPS) is 10.8. The van der Waals surface area contributed by atoms with Crippen molar-refractivity contribution in [3.8, 4) is 0 Å². The number of rotatable bonds is 22. The predicted octanol–water partition coefficient (Wildman–Crippen LogP) is 25.8. The average Bonchev–Trinajstić information content (AvgIpc) is 0.830. The van der Waals surface area contributed by atoms with Gasteiger partial charge in [-0.3, -0.25) is 29.9 Å². The van der Waals surface area contributed by atoms with Gasteiger partial charge in [-0.2, -0.15) is 0 Å². The fourth-order valence-corrected chi connectivity index (χ4v) is 22.2. The van der Waals surface area contributed by atoms with Crippen molar-refractivity contribution in [3.05, 3.63) is 431 Å². The van der Waals surface area contributed by atoms with Gasteiger partial charge >= 0.3 is 135 Å². The molecule has 133 heavy (non-hydrogen) atoms. The van der Waals surface area contributed by atoms with Gasteiger partial charge in [0, 0.05) is 94.7 Å². The molecule has 7 aromatic heterocycles. The Bertz CT molecular complexity index is 6200. The third kappa shape index (κ3) is 32.8. The quantitative estimate of drug-likeness (QED) is 0.0207. The van der Waals surface area contributed by atoms with Crippen molar-refractivity contribution in [1.82, 2.24) is 34.9 Å². The van der Waals surface area contributed by atoms with Crippen LogP contribution < -0.4 is 35.5 Å². The molecular formula is C112H113Cl4N7O6P2PdSn. The smallest absolute Gasteiger partial charge is 0.0134 e. The van der Waals surface area contributed by atoms with E-state index in [1.807, 2.05) is 67.3 Å². The van der Waals surface area contributed by atoms with Gasteiger partial charge in [0.15, 0.2) is 0 Å². The first-order valence-corrected chi connectivity index (χ1v) is 61.8. The summed E-state index contributed by atoms with van der Waals surface area (Å²) in [7, 11) is 12.9. The number of carbonyl (C=O) groups excluding carboxylic acids is 3. The Labute approximate surface area is 816 Å². The molecule has 0 N–H and O–H groups in total. The van der Waals surface area contributed by atoms with E-state index in [2.05, 4.69) is 339 Å². The largest absolute Gasteiger partial charge is 0.0622 e. The van der Waals surface area contributed by atoms with Crippen LogP contribution in [-0.4, -0.2) is 92.5 Å². The zero-order chi connectivity index (χ0) is 94.9. The molecule has 10 aromatic carbocycles. The number of aromatic nitrogens is 7. The van der Waals surface area contributed by atoms with Gasteiger partial charge in [-0.05, 0) is 214 Å². The number of pyridine rings is 7. The summed E-state index contributed by atoms with van der Waals surface area (Å²) in [6, 6.07) is 109. The van der Waals surface area contributed by atoms with E-state index in [4.69, 9.17) is 51.7 Å². The van der Waals surface area contributed by atoms with Crippen LogP contribution in [-0.2, 0) is 67.6 Å². The number of fused-ring (bicyclic) bond motifs is 4. The molecule has 7 heterocycles. The Morgan fingerprint density at radius 2 is 0.594 bits per heavy atom. The Hall–Kier alpha value is -10.8. The fourth-order valence-electron chi connectivity index (χ4n) is 14.2. The van der Waals surface area contributed by atoms with Crippen molar-refractivity contribution in [2.24, 2.45) is 0 Å². The molecule has 17 rings (SSSR count). The van der Waals surface area contributed by atoms with Crippen LogP contribution in [0, 0.1) is 0 Å². The van der Waals surface area contributed by atoms with Crippen molar-refractivity contribution < 1.29 is 44.5 Å². The maximum atomic E-state index is 11.6. The molecule has 0 aliphatic rings. The summed E-state index contributed by atoms with van der Waals surface area (Å²) in [4.78, 5) is 72.3. The molecular weight excluding hydrogens is 1970 g/mol. The van der Waals surface area contributed by atoms with Gasteiger partial charge in [-0.15, -0.1) is 23.2 Å². The van der Waals surface area contributed by atoms with Gasteiger partial charge in [0.2, 0.25) is 0 Å². The molecule has 0 spiro atoms. The number of aryl methyl sites for hydroxylation is 2. The molecule has 0 atom stereocenters. The molecule has 13 nitrogen and oxygen atoms in total. The SMILES string of the molecule is CC(C)c1cnc2ccc(CCl)cc2c1.CCCc1cnc2ccc(CCl)cc2c1.CCCc1cnc2ccc(Cc3cc(C(=O)OC)ccn3)cc2c1.COC(=O)c1ccn[c]([Sn]([CH3])([CH3])[CH3])c1.COC(=O)c1ccnc(Cc2ccc3ncc(C(C)C)cc3c2)c1.[Cl][Pd][Cl].c1ccc(P(c2ccccc2)c2ccccc2)cc1.c1ccc(P(c2ccccc2)c2ccccc2)cc1. The maximum Gasteiger partial charge on any atom is -0.0134 e. The van der Waals surface area contributed by atoms with Crippen LogP contribution in [0.4, 0.5) is 0 Å². The van der Waals surface area contributed by atoms with Crippen molar-refractivity contribution in [1.29, 1.82) is 0 Å². The van der Waals surface area contributed by atoms with Crippen LogP contribution >= 0.6 is 58.1 Å². The number of carbonyl (C=O) groups is 3. The van der Waals surface area contributed by atoms with E-state index < -0.39 is 34.2 Å². The first-order chi connectivity index (χ1) is 64.5. The van der Waals surface area contributed by atoms with Crippen LogP contribution in [0.25, 0.3) is 43.6 Å². The van der Waals surface area contributed by atoms with Crippen molar-refractivity contribution >= 4 is 174 Å². The minimum atomic E-state index is -2.15. The molecule has 21 heteroatoms. The summed E-state index contributed by atoms with van der Waals surface area (Å²) in [5.41, 5.74) is 17.0. The molecule has 0 aliphatic carbocycles. The summed E-state index contributed by atoms with van der Waals surface area (Å²) in [5, 5.41) is 13.0. The van der Waals surface area contributed by atoms with Crippen LogP contribution in [0.2, 0.25) is 14.8 Å². The molecule has 0 unspecified atom stereocenters. The molecule has 0 amide bonds. The van der Waals surface area contributed by atoms with E-state index >= 15 is 0 Å². The molecule has 684 valence electrons. The van der Waals surface area contributed by atoms with Crippen LogP contribution in [0.3, 0.4) is 0 Å². The van der Waals surface area contributed by atoms with Crippen LogP contribution in [0.1, 0.15) is 153 Å². The topological polar surface area (TPSA) is 169 Å². The Morgan fingerprint density at radius 1 is 0.331 bits per heavy atom. The van der Waals surface area contributed by atoms with E-state index in [-0.39, 0.29) is 33.8 Å². The summed E-state index contributed by atoms with van der Waals surface area (Å²) < 4.78 is 15.3. The van der Waals surface area contributed by atoms with E-state index in [1.54, 1.807) is 48.9 Å². The third-order valence-electron chi connectivity index (χ3n) is 21.1. The van der Waals surface area contributed by atoms with E-state index in [9.17, 15) is 14.4 Å². The number of halogens is 4. The number of alkyl halides is 2. The molecule has 0 bridgehead atoms. The first-order valence-electron chi connectivity index (χ1n) is 44.0. The third-order valence-corrected chi connectivity index (χ3v) is 31.8. The summed E-state index contributed by atoms with van der Waals surface area (Å²) in [6.45, 7) is 13.0. The average molecular weight is 2080 g/mol. The number of methoxy groups -OCH3 is 3.